The number of carbonyl (C=O) groups excluding carboxylic acids is 1. The van der Waals surface area contributed by atoms with Gasteiger partial charge in [-0.2, -0.15) is 0 Å². The molecule has 0 fully saturated rings. The van der Waals surface area contributed by atoms with Gasteiger partial charge in [-0.05, 0) is 35.0 Å². The van der Waals surface area contributed by atoms with Gasteiger partial charge in [-0.25, -0.2) is 4.79 Å². The van der Waals surface area contributed by atoms with Gasteiger partial charge in [0.15, 0.2) is 0 Å². The summed E-state index contributed by atoms with van der Waals surface area (Å²) in [6, 6.07) is 3.48. The molecule has 0 bridgehead atoms. The van der Waals surface area contributed by atoms with E-state index in [0.29, 0.717) is 11.3 Å². The van der Waals surface area contributed by atoms with E-state index in [-0.39, 0.29) is 10.8 Å². The number of halogens is 2. The molecule has 0 saturated carbocycles. The third-order valence-electron chi connectivity index (χ3n) is 2.16. The molecular formula is C11H12Br2O3. The van der Waals surface area contributed by atoms with Crippen LogP contribution in [0, 0.1) is 0 Å². The summed E-state index contributed by atoms with van der Waals surface area (Å²) in [6.07, 6.45) is 0. The molecule has 0 saturated heterocycles. The summed E-state index contributed by atoms with van der Waals surface area (Å²) >= 11 is 6.83. The van der Waals surface area contributed by atoms with Crippen LogP contribution in [0.2, 0.25) is 0 Å². The van der Waals surface area contributed by atoms with E-state index >= 15 is 0 Å². The van der Waals surface area contributed by atoms with Crippen molar-refractivity contribution in [1.82, 2.24) is 0 Å². The third-order valence-corrected chi connectivity index (χ3v) is 3.24. The van der Waals surface area contributed by atoms with Crippen LogP contribution in [0.4, 0.5) is 0 Å². The van der Waals surface area contributed by atoms with E-state index in [1.54, 1.807) is 19.2 Å². The Hall–Kier alpha value is -0.550. The number of esters is 1. The number of rotatable bonds is 3. The van der Waals surface area contributed by atoms with Crippen LogP contribution in [-0.4, -0.2) is 20.2 Å². The minimum absolute atomic E-state index is 0.00551. The Morgan fingerprint density at radius 2 is 2.00 bits per heavy atom. The second kappa shape index (κ2) is 5.68. The van der Waals surface area contributed by atoms with Gasteiger partial charge in [0.2, 0.25) is 0 Å². The Balaban J connectivity index is 3.45. The van der Waals surface area contributed by atoms with Crippen LogP contribution in [0.5, 0.6) is 5.75 Å². The second-order valence-electron chi connectivity index (χ2n) is 3.15. The van der Waals surface area contributed by atoms with Gasteiger partial charge in [0, 0.05) is 10.4 Å². The minimum atomic E-state index is -0.368. The maximum atomic E-state index is 11.6. The number of carbonyl (C=O) groups is 1. The summed E-state index contributed by atoms with van der Waals surface area (Å²) in [5.74, 6) is 0.277. The number of hydrogen-bond donors (Lipinski definition) is 0. The lowest BCUT2D eigenvalue weighted by atomic mass is 10.0. The predicted molar refractivity (Wildman–Crippen MR) is 69.4 cm³/mol. The molecule has 1 unspecified atom stereocenters. The van der Waals surface area contributed by atoms with Crippen LogP contribution >= 0.6 is 31.9 Å². The van der Waals surface area contributed by atoms with Crippen LogP contribution in [0.1, 0.15) is 27.7 Å². The number of hydrogen-bond acceptors (Lipinski definition) is 3. The van der Waals surface area contributed by atoms with Crippen LogP contribution in [0.15, 0.2) is 16.6 Å². The lowest BCUT2D eigenvalue weighted by Gasteiger charge is -2.16. The molecule has 1 aromatic carbocycles. The van der Waals surface area contributed by atoms with E-state index in [4.69, 9.17) is 9.47 Å². The molecule has 3 nitrogen and oxygen atoms in total. The topological polar surface area (TPSA) is 35.5 Å². The zero-order chi connectivity index (χ0) is 12.3. The van der Waals surface area contributed by atoms with Crippen molar-refractivity contribution >= 4 is 37.8 Å². The summed E-state index contributed by atoms with van der Waals surface area (Å²) in [7, 11) is 2.93. The number of benzene rings is 1. The van der Waals surface area contributed by atoms with E-state index < -0.39 is 0 Å². The number of alkyl halides is 1. The van der Waals surface area contributed by atoms with Crippen LogP contribution in [0.3, 0.4) is 0 Å². The molecule has 0 radical (unpaired) electrons. The molecule has 0 heterocycles. The smallest absolute Gasteiger partial charge is 0.338 e. The zero-order valence-electron chi connectivity index (χ0n) is 9.21. The van der Waals surface area contributed by atoms with Gasteiger partial charge in [-0.3, -0.25) is 0 Å². The van der Waals surface area contributed by atoms with E-state index in [9.17, 15) is 4.79 Å². The number of methoxy groups -OCH3 is 2. The summed E-state index contributed by atoms with van der Waals surface area (Å²) < 4.78 is 10.8. The van der Waals surface area contributed by atoms with Gasteiger partial charge in [0.05, 0.1) is 24.3 Å². The Morgan fingerprint density at radius 1 is 1.38 bits per heavy atom. The van der Waals surface area contributed by atoms with E-state index in [0.717, 1.165) is 10.0 Å². The Labute approximate surface area is 111 Å². The summed E-state index contributed by atoms with van der Waals surface area (Å²) in [4.78, 5) is 11.6. The lowest BCUT2D eigenvalue weighted by Crippen LogP contribution is -2.08. The highest BCUT2D eigenvalue weighted by Crippen LogP contribution is 2.39. The monoisotopic (exact) mass is 350 g/mol. The van der Waals surface area contributed by atoms with Gasteiger partial charge in [-0.15, -0.1) is 0 Å². The molecule has 1 aromatic rings. The Morgan fingerprint density at radius 3 is 2.44 bits per heavy atom. The quantitative estimate of drug-likeness (QED) is 0.615. The lowest BCUT2D eigenvalue weighted by molar-refractivity contribution is 0.0599. The van der Waals surface area contributed by atoms with Gasteiger partial charge in [0.25, 0.3) is 0 Å². The molecule has 16 heavy (non-hydrogen) atoms. The minimum Gasteiger partial charge on any atom is -0.495 e. The predicted octanol–water partition coefficient (Wildman–Crippen LogP) is 3.70. The Kier molecular flexibility index (Phi) is 4.80. The van der Waals surface area contributed by atoms with E-state index in [1.807, 2.05) is 6.92 Å². The van der Waals surface area contributed by atoms with Gasteiger partial charge in [0.1, 0.15) is 5.75 Å². The molecule has 0 aliphatic heterocycles. The van der Waals surface area contributed by atoms with Crippen molar-refractivity contribution in [2.75, 3.05) is 14.2 Å². The Bertz CT molecular complexity index is 402. The molecule has 0 aliphatic rings. The van der Waals surface area contributed by atoms with Crippen LogP contribution in [-0.2, 0) is 4.74 Å². The molecule has 0 N–H and O–H groups in total. The molecule has 0 amide bonds. The highest BCUT2D eigenvalue weighted by atomic mass is 79.9. The molecule has 1 rings (SSSR count). The molecule has 5 heteroatoms. The fraction of sp³-hybridized carbons (Fsp3) is 0.364. The second-order valence-corrected chi connectivity index (χ2v) is 5.38. The van der Waals surface area contributed by atoms with Gasteiger partial charge >= 0.3 is 5.97 Å². The first-order valence-corrected chi connectivity index (χ1v) is 6.32. The molecule has 88 valence electrons. The first-order valence-electron chi connectivity index (χ1n) is 4.61. The van der Waals surface area contributed by atoms with Crippen molar-refractivity contribution in [1.29, 1.82) is 0 Å². The highest BCUT2D eigenvalue weighted by molar-refractivity contribution is 9.10. The van der Waals surface area contributed by atoms with Crippen molar-refractivity contribution in [2.24, 2.45) is 0 Å². The summed E-state index contributed by atoms with van der Waals surface area (Å²) in [6.45, 7) is 1.93. The maximum absolute atomic E-state index is 11.6. The molecule has 0 aliphatic carbocycles. The van der Waals surface area contributed by atoms with E-state index in [1.165, 1.54) is 7.11 Å². The SMILES string of the molecule is COC(=O)c1ccc(Br)c(OC)c1C(C)Br. The van der Waals surface area contributed by atoms with Crippen molar-refractivity contribution in [3.63, 3.8) is 0 Å². The number of ether oxygens (including phenoxy) is 2. The van der Waals surface area contributed by atoms with Crippen molar-refractivity contribution < 1.29 is 14.3 Å². The summed E-state index contributed by atoms with van der Waals surface area (Å²) in [5, 5.41) is 0. The molecular weight excluding hydrogens is 340 g/mol. The molecule has 1 atom stereocenters. The van der Waals surface area contributed by atoms with Crippen LogP contribution in [0.25, 0.3) is 0 Å². The fourth-order valence-corrected chi connectivity index (χ4v) is 2.43. The molecule has 0 aromatic heterocycles. The van der Waals surface area contributed by atoms with Gasteiger partial charge in [-0.1, -0.05) is 15.9 Å². The fourth-order valence-electron chi connectivity index (χ4n) is 1.46. The van der Waals surface area contributed by atoms with Crippen molar-refractivity contribution in [3.8, 4) is 5.75 Å². The first kappa shape index (κ1) is 13.5. The normalized spacial score (nSPS) is 12.1. The van der Waals surface area contributed by atoms with Crippen molar-refractivity contribution in [3.05, 3.63) is 27.7 Å². The maximum Gasteiger partial charge on any atom is 0.338 e. The first-order chi connectivity index (χ1) is 7.52. The average molecular weight is 352 g/mol. The third kappa shape index (κ3) is 2.58. The zero-order valence-corrected chi connectivity index (χ0v) is 12.4. The average Bonchev–Trinajstić information content (AvgIpc) is 2.27. The highest BCUT2D eigenvalue weighted by Gasteiger charge is 2.21. The molecule has 0 spiro atoms. The standard InChI is InChI=1S/C11H12Br2O3/c1-6(12)9-7(11(14)16-3)4-5-8(13)10(9)15-2/h4-6H,1-3H3. The van der Waals surface area contributed by atoms with Gasteiger partial charge < -0.3 is 9.47 Å². The largest absolute Gasteiger partial charge is 0.495 e. The summed E-state index contributed by atoms with van der Waals surface area (Å²) in [5.41, 5.74) is 1.29. The van der Waals surface area contributed by atoms with Crippen LogP contribution < -0.4 is 4.74 Å². The van der Waals surface area contributed by atoms with Crippen molar-refractivity contribution in [2.45, 2.75) is 11.8 Å². The van der Waals surface area contributed by atoms with E-state index in [2.05, 4.69) is 31.9 Å².